The van der Waals surface area contributed by atoms with Gasteiger partial charge >= 0.3 is 6.18 Å². The molecular formula is C21H21F3N6O2. The van der Waals surface area contributed by atoms with Gasteiger partial charge in [0.2, 0.25) is 0 Å². The molecule has 0 bridgehead atoms. The van der Waals surface area contributed by atoms with Gasteiger partial charge in [-0.3, -0.25) is 4.79 Å². The van der Waals surface area contributed by atoms with E-state index in [4.69, 9.17) is 4.74 Å². The Kier molecular flexibility index (Phi) is 5.97. The maximum absolute atomic E-state index is 13.4. The SMILES string of the molecule is COc1ccc(-n2nccn2)c(C(=O)N2CCCC(Nc3ccc(C(F)(F)F)cn3)C2)c1. The van der Waals surface area contributed by atoms with Gasteiger partial charge in [-0.1, -0.05) is 0 Å². The first-order chi connectivity index (χ1) is 15.3. The van der Waals surface area contributed by atoms with Crippen LogP contribution in [0.25, 0.3) is 5.69 Å². The summed E-state index contributed by atoms with van der Waals surface area (Å²) in [6.07, 6.45) is 0.916. The highest BCUT2D eigenvalue weighted by Gasteiger charge is 2.31. The van der Waals surface area contributed by atoms with Crippen LogP contribution in [0.3, 0.4) is 0 Å². The largest absolute Gasteiger partial charge is 0.497 e. The van der Waals surface area contributed by atoms with E-state index in [9.17, 15) is 18.0 Å². The maximum Gasteiger partial charge on any atom is 0.417 e. The van der Waals surface area contributed by atoms with Gasteiger partial charge < -0.3 is 15.0 Å². The summed E-state index contributed by atoms with van der Waals surface area (Å²) >= 11 is 0. The zero-order valence-corrected chi connectivity index (χ0v) is 17.2. The Bertz CT molecular complexity index is 1070. The lowest BCUT2D eigenvalue weighted by atomic mass is 10.0. The number of hydrogen-bond acceptors (Lipinski definition) is 6. The Hall–Kier alpha value is -3.63. The van der Waals surface area contributed by atoms with Crippen LogP contribution in [0.1, 0.15) is 28.8 Å². The Balaban J connectivity index is 1.51. The molecular weight excluding hydrogens is 425 g/mol. The van der Waals surface area contributed by atoms with Crippen LogP contribution in [-0.4, -0.2) is 57.0 Å². The molecule has 1 aromatic carbocycles. The number of rotatable bonds is 5. The average molecular weight is 446 g/mol. The summed E-state index contributed by atoms with van der Waals surface area (Å²) in [6, 6.07) is 7.24. The molecule has 0 radical (unpaired) electrons. The van der Waals surface area contributed by atoms with E-state index in [1.54, 1.807) is 23.1 Å². The van der Waals surface area contributed by atoms with Gasteiger partial charge in [-0.05, 0) is 43.2 Å². The number of ether oxygens (including phenoxy) is 1. The molecule has 3 heterocycles. The minimum Gasteiger partial charge on any atom is -0.497 e. The van der Waals surface area contributed by atoms with E-state index in [0.717, 1.165) is 25.1 Å². The van der Waals surface area contributed by atoms with Gasteiger partial charge in [0.25, 0.3) is 5.91 Å². The Morgan fingerprint density at radius 2 is 1.97 bits per heavy atom. The Morgan fingerprint density at radius 1 is 1.19 bits per heavy atom. The average Bonchev–Trinajstić information content (AvgIpc) is 3.33. The number of anilines is 1. The second-order valence-electron chi connectivity index (χ2n) is 7.37. The third kappa shape index (κ3) is 4.66. The number of alkyl halides is 3. The van der Waals surface area contributed by atoms with Crippen molar-refractivity contribution in [2.24, 2.45) is 0 Å². The number of benzene rings is 1. The molecule has 32 heavy (non-hydrogen) atoms. The lowest BCUT2D eigenvalue weighted by molar-refractivity contribution is -0.137. The third-order valence-electron chi connectivity index (χ3n) is 5.22. The molecule has 0 spiro atoms. The lowest BCUT2D eigenvalue weighted by Gasteiger charge is -2.34. The van der Waals surface area contributed by atoms with Crippen LogP contribution in [0.5, 0.6) is 5.75 Å². The molecule has 1 aliphatic rings. The monoisotopic (exact) mass is 446 g/mol. The van der Waals surface area contributed by atoms with E-state index in [1.807, 2.05) is 0 Å². The predicted molar refractivity (Wildman–Crippen MR) is 110 cm³/mol. The number of carbonyl (C=O) groups is 1. The number of aromatic nitrogens is 4. The normalized spacial score (nSPS) is 16.6. The van der Waals surface area contributed by atoms with E-state index in [1.165, 1.54) is 30.4 Å². The van der Waals surface area contributed by atoms with E-state index in [2.05, 4.69) is 20.5 Å². The zero-order chi connectivity index (χ0) is 22.7. The molecule has 3 aromatic rings. The number of hydrogen-bond donors (Lipinski definition) is 1. The van der Waals surface area contributed by atoms with Gasteiger partial charge in [-0.15, -0.1) is 0 Å². The van der Waals surface area contributed by atoms with Crippen LogP contribution in [0, 0.1) is 0 Å². The lowest BCUT2D eigenvalue weighted by Crippen LogP contribution is -2.45. The molecule has 1 aliphatic heterocycles. The third-order valence-corrected chi connectivity index (χ3v) is 5.22. The van der Waals surface area contributed by atoms with Gasteiger partial charge in [-0.2, -0.15) is 28.2 Å². The first-order valence-corrected chi connectivity index (χ1v) is 9.99. The van der Waals surface area contributed by atoms with Gasteiger partial charge in [0, 0.05) is 25.3 Å². The fourth-order valence-corrected chi connectivity index (χ4v) is 3.63. The highest BCUT2D eigenvalue weighted by Crippen LogP contribution is 2.29. The van der Waals surface area contributed by atoms with Crippen LogP contribution in [0.15, 0.2) is 48.9 Å². The molecule has 0 aliphatic carbocycles. The first kappa shape index (κ1) is 21.6. The number of nitrogens with zero attached hydrogens (tertiary/aromatic N) is 5. The smallest absolute Gasteiger partial charge is 0.417 e. The molecule has 1 unspecified atom stereocenters. The second kappa shape index (κ2) is 8.85. The first-order valence-electron chi connectivity index (χ1n) is 9.99. The summed E-state index contributed by atoms with van der Waals surface area (Å²) < 4.78 is 43.5. The summed E-state index contributed by atoms with van der Waals surface area (Å²) in [5.74, 6) is 0.660. The van der Waals surface area contributed by atoms with Crippen LogP contribution >= 0.6 is 0 Å². The van der Waals surface area contributed by atoms with Crippen molar-refractivity contribution in [1.29, 1.82) is 0 Å². The zero-order valence-electron chi connectivity index (χ0n) is 17.2. The quantitative estimate of drug-likeness (QED) is 0.647. The number of halogens is 3. The Labute approximate surface area is 182 Å². The minimum absolute atomic E-state index is 0.145. The van der Waals surface area contributed by atoms with E-state index in [0.29, 0.717) is 35.9 Å². The van der Waals surface area contributed by atoms with Crippen LogP contribution in [0.4, 0.5) is 19.0 Å². The van der Waals surface area contributed by atoms with Crippen molar-refractivity contribution >= 4 is 11.7 Å². The van der Waals surface area contributed by atoms with Crippen LogP contribution < -0.4 is 10.1 Å². The molecule has 0 saturated carbocycles. The van der Waals surface area contributed by atoms with E-state index < -0.39 is 11.7 Å². The molecule has 1 amide bonds. The summed E-state index contributed by atoms with van der Waals surface area (Å²) in [7, 11) is 1.52. The Morgan fingerprint density at radius 3 is 2.62 bits per heavy atom. The number of nitrogens with one attached hydrogen (secondary N) is 1. The fourth-order valence-electron chi connectivity index (χ4n) is 3.63. The van der Waals surface area contributed by atoms with Crippen molar-refractivity contribution in [3.05, 3.63) is 60.0 Å². The van der Waals surface area contributed by atoms with Crippen molar-refractivity contribution < 1.29 is 22.7 Å². The standard InChI is InChI=1S/C21H21F3N6O2/c1-32-16-5-6-18(30-26-8-9-27-30)17(11-16)20(31)29-10-2-3-15(13-29)28-19-7-4-14(12-25-19)21(22,23)24/h4-9,11-12,15H,2-3,10,13H2,1H3,(H,25,28). The van der Waals surface area contributed by atoms with Gasteiger partial charge in [0.05, 0.1) is 36.3 Å². The number of amides is 1. The van der Waals surface area contributed by atoms with Crippen molar-refractivity contribution in [3.8, 4) is 11.4 Å². The van der Waals surface area contributed by atoms with Crippen LogP contribution in [-0.2, 0) is 6.18 Å². The van der Waals surface area contributed by atoms with Crippen molar-refractivity contribution in [2.45, 2.75) is 25.1 Å². The topological polar surface area (TPSA) is 85.2 Å². The molecule has 1 atom stereocenters. The molecule has 1 N–H and O–H groups in total. The molecule has 4 rings (SSSR count). The fraction of sp³-hybridized carbons (Fsp3) is 0.333. The molecule has 8 nitrogen and oxygen atoms in total. The minimum atomic E-state index is -4.43. The highest BCUT2D eigenvalue weighted by atomic mass is 19.4. The van der Waals surface area contributed by atoms with E-state index >= 15 is 0 Å². The van der Waals surface area contributed by atoms with Gasteiger partial charge in [0.1, 0.15) is 11.6 Å². The summed E-state index contributed by atoms with van der Waals surface area (Å²) in [5.41, 5.74) is 0.121. The summed E-state index contributed by atoms with van der Waals surface area (Å²) in [4.78, 5) is 20.3. The summed E-state index contributed by atoms with van der Waals surface area (Å²) in [6.45, 7) is 0.936. The van der Waals surface area contributed by atoms with Crippen molar-refractivity contribution in [3.63, 3.8) is 0 Å². The molecule has 1 saturated heterocycles. The molecule has 11 heteroatoms. The second-order valence-corrected chi connectivity index (χ2v) is 7.37. The molecule has 2 aromatic heterocycles. The van der Waals surface area contributed by atoms with Gasteiger partial charge in [0.15, 0.2) is 0 Å². The van der Waals surface area contributed by atoms with Crippen LogP contribution in [0.2, 0.25) is 0 Å². The summed E-state index contributed by atoms with van der Waals surface area (Å²) in [5, 5.41) is 11.4. The highest BCUT2D eigenvalue weighted by molar-refractivity contribution is 5.98. The predicted octanol–water partition coefficient (Wildman–Crippen LogP) is 3.41. The number of likely N-dealkylation sites (tertiary alicyclic amines) is 1. The number of pyridine rings is 1. The number of carbonyl (C=O) groups excluding carboxylic acids is 1. The number of piperidine rings is 1. The van der Waals surface area contributed by atoms with Gasteiger partial charge in [-0.25, -0.2) is 4.98 Å². The molecule has 168 valence electrons. The van der Waals surface area contributed by atoms with Crippen molar-refractivity contribution in [1.82, 2.24) is 24.9 Å². The van der Waals surface area contributed by atoms with Crippen molar-refractivity contribution in [2.75, 3.05) is 25.5 Å². The van der Waals surface area contributed by atoms with E-state index in [-0.39, 0.29) is 11.9 Å². The maximum atomic E-state index is 13.4. The number of methoxy groups -OCH3 is 1. The molecule has 1 fully saturated rings.